The highest BCUT2D eigenvalue weighted by Crippen LogP contribution is 2.38. The van der Waals surface area contributed by atoms with Gasteiger partial charge >= 0.3 is 0 Å². The molecular formula is C27H23BrClN5O2S. The molecule has 2 heterocycles. The SMILES string of the molecule is COc1ccccc1NC(=O)C1=C(C)Nc2nc(SCc3ccccc3Cl)nn2C1c1ccc(Br)cc1. The molecule has 1 aliphatic heterocycles. The van der Waals surface area contributed by atoms with Gasteiger partial charge in [0.25, 0.3) is 5.91 Å². The Hall–Kier alpha value is -3.27. The predicted octanol–water partition coefficient (Wildman–Crippen LogP) is 6.92. The number of methoxy groups -OCH3 is 1. The summed E-state index contributed by atoms with van der Waals surface area (Å²) in [5.74, 6) is 1.52. The number of nitrogens with zero attached hydrogens (tertiary/aromatic N) is 3. The van der Waals surface area contributed by atoms with E-state index in [-0.39, 0.29) is 5.91 Å². The van der Waals surface area contributed by atoms with E-state index < -0.39 is 6.04 Å². The second kappa shape index (κ2) is 11.0. The molecule has 7 nitrogen and oxygen atoms in total. The van der Waals surface area contributed by atoms with Crippen LogP contribution in [0.15, 0.2) is 93.7 Å². The minimum atomic E-state index is -0.485. The highest BCUT2D eigenvalue weighted by Gasteiger charge is 2.34. The zero-order valence-corrected chi connectivity index (χ0v) is 23.2. The highest BCUT2D eigenvalue weighted by molar-refractivity contribution is 9.10. The lowest BCUT2D eigenvalue weighted by Crippen LogP contribution is -2.31. The second-order valence-corrected chi connectivity index (χ2v) is 10.6. The Morgan fingerprint density at radius 3 is 2.62 bits per heavy atom. The van der Waals surface area contributed by atoms with Gasteiger partial charge in [0.15, 0.2) is 0 Å². The number of halogens is 2. The van der Waals surface area contributed by atoms with Crippen molar-refractivity contribution < 1.29 is 9.53 Å². The first kappa shape index (κ1) is 25.4. The summed E-state index contributed by atoms with van der Waals surface area (Å²) in [6, 6.07) is 22.4. The zero-order valence-electron chi connectivity index (χ0n) is 20.0. The molecule has 4 aromatic rings. The van der Waals surface area contributed by atoms with Crippen LogP contribution < -0.4 is 15.4 Å². The monoisotopic (exact) mass is 595 g/mol. The molecule has 37 heavy (non-hydrogen) atoms. The maximum Gasteiger partial charge on any atom is 0.255 e. The predicted molar refractivity (Wildman–Crippen MR) is 151 cm³/mol. The Bertz CT molecular complexity index is 1490. The van der Waals surface area contributed by atoms with E-state index >= 15 is 0 Å². The normalized spacial score (nSPS) is 14.6. The zero-order chi connectivity index (χ0) is 25.9. The van der Waals surface area contributed by atoms with Crippen LogP contribution in [0.3, 0.4) is 0 Å². The molecule has 3 aromatic carbocycles. The van der Waals surface area contributed by atoms with Crippen molar-refractivity contribution >= 4 is 56.8 Å². The molecule has 0 fully saturated rings. The quantitative estimate of drug-likeness (QED) is 0.225. The molecule has 5 rings (SSSR count). The summed E-state index contributed by atoms with van der Waals surface area (Å²) in [5.41, 5.74) is 3.73. The lowest BCUT2D eigenvalue weighted by atomic mass is 9.95. The van der Waals surface area contributed by atoms with Gasteiger partial charge in [-0.05, 0) is 48.4 Å². The first-order valence-electron chi connectivity index (χ1n) is 11.4. The number of carbonyl (C=O) groups excluding carboxylic acids is 1. The van der Waals surface area contributed by atoms with Crippen molar-refractivity contribution in [1.82, 2.24) is 14.8 Å². The van der Waals surface area contributed by atoms with Crippen LogP contribution >= 0.6 is 39.3 Å². The number of ether oxygens (including phenoxy) is 1. The van der Waals surface area contributed by atoms with Gasteiger partial charge in [-0.2, -0.15) is 4.98 Å². The van der Waals surface area contributed by atoms with Crippen LogP contribution in [0.2, 0.25) is 5.02 Å². The number of thioether (sulfide) groups is 1. The lowest BCUT2D eigenvalue weighted by molar-refractivity contribution is -0.113. The van der Waals surface area contributed by atoms with E-state index in [0.29, 0.717) is 44.6 Å². The third-order valence-electron chi connectivity index (χ3n) is 5.93. The maximum absolute atomic E-state index is 13.7. The number of fused-ring (bicyclic) bond motifs is 1. The van der Waals surface area contributed by atoms with Gasteiger partial charge in [-0.1, -0.05) is 81.8 Å². The standard InChI is InChI=1S/C27H23BrClN5O2S/c1-16-23(25(35)31-21-9-5-6-10-22(21)36-2)24(17-11-13-19(28)14-12-17)34-26(30-16)32-27(33-34)37-15-18-7-3-4-8-20(18)29/h3-14,24H,15H2,1-2H3,(H,31,35)(H,30,32,33). The Labute approximate surface area is 232 Å². The molecule has 1 atom stereocenters. The van der Waals surface area contributed by atoms with Crippen molar-refractivity contribution in [2.75, 3.05) is 17.7 Å². The highest BCUT2D eigenvalue weighted by atomic mass is 79.9. The molecule has 0 aliphatic carbocycles. The number of aromatic nitrogens is 3. The van der Waals surface area contributed by atoms with Crippen LogP contribution in [-0.2, 0) is 10.5 Å². The van der Waals surface area contributed by atoms with Crippen molar-refractivity contribution in [1.29, 1.82) is 0 Å². The molecule has 2 N–H and O–H groups in total. The van der Waals surface area contributed by atoms with Gasteiger partial charge in [0.2, 0.25) is 11.1 Å². The summed E-state index contributed by atoms with van der Waals surface area (Å²) in [7, 11) is 1.58. The van der Waals surface area contributed by atoms with Crippen LogP contribution in [0.25, 0.3) is 0 Å². The lowest BCUT2D eigenvalue weighted by Gasteiger charge is -2.28. The molecule has 10 heteroatoms. The molecule has 1 aromatic heterocycles. The van der Waals surface area contributed by atoms with Gasteiger partial charge in [-0.3, -0.25) is 4.79 Å². The van der Waals surface area contributed by atoms with E-state index in [0.717, 1.165) is 15.6 Å². The van der Waals surface area contributed by atoms with Crippen molar-refractivity contribution in [2.45, 2.75) is 23.9 Å². The number of anilines is 2. The molecule has 0 bridgehead atoms. The summed E-state index contributed by atoms with van der Waals surface area (Å²) in [4.78, 5) is 18.4. The summed E-state index contributed by atoms with van der Waals surface area (Å²) < 4.78 is 8.14. The molecule has 188 valence electrons. The summed E-state index contributed by atoms with van der Waals surface area (Å²) in [6.07, 6.45) is 0. The number of amides is 1. The Morgan fingerprint density at radius 1 is 1.14 bits per heavy atom. The van der Waals surface area contributed by atoms with Crippen molar-refractivity contribution in [3.63, 3.8) is 0 Å². The number of rotatable bonds is 7. The Balaban J connectivity index is 1.50. The minimum Gasteiger partial charge on any atom is -0.495 e. The number of nitrogens with one attached hydrogen (secondary N) is 2. The van der Waals surface area contributed by atoms with Gasteiger partial charge < -0.3 is 15.4 Å². The number of hydrogen-bond donors (Lipinski definition) is 2. The average Bonchev–Trinajstić information content (AvgIpc) is 3.30. The first-order chi connectivity index (χ1) is 17.9. The maximum atomic E-state index is 13.7. The largest absolute Gasteiger partial charge is 0.495 e. The topological polar surface area (TPSA) is 81.1 Å². The van der Waals surface area contributed by atoms with E-state index in [2.05, 4.69) is 26.6 Å². The summed E-state index contributed by atoms with van der Waals surface area (Å²) >= 11 is 11.3. The van der Waals surface area contributed by atoms with Crippen LogP contribution in [0.5, 0.6) is 5.75 Å². The molecule has 0 saturated heterocycles. The fourth-order valence-corrected chi connectivity index (χ4v) is 5.51. The van der Waals surface area contributed by atoms with Crippen molar-refractivity contribution in [3.8, 4) is 5.75 Å². The molecule has 0 radical (unpaired) electrons. The average molecular weight is 597 g/mol. The Morgan fingerprint density at radius 2 is 1.86 bits per heavy atom. The first-order valence-corrected chi connectivity index (χ1v) is 13.6. The van der Waals surface area contributed by atoms with E-state index in [1.165, 1.54) is 11.8 Å². The Kier molecular flexibility index (Phi) is 7.55. The van der Waals surface area contributed by atoms with E-state index in [1.54, 1.807) is 17.9 Å². The number of allylic oxidation sites excluding steroid dienone is 1. The molecule has 1 aliphatic rings. The van der Waals surface area contributed by atoms with Gasteiger partial charge in [0, 0.05) is 20.9 Å². The van der Waals surface area contributed by atoms with Crippen LogP contribution in [0, 0.1) is 0 Å². The number of hydrogen-bond acceptors (Lipinski definition) is 6. The number of benzene rings is 3. The fraction of sp³-hybridized carbons (Fsp3) is 0.148. The smallest absolute Gasteiger partial charge is 0.255 e. The van der Waals surface area contributed by atoms with Crippen molar-refractivity contribution in [3.05, 3.63) is 105 Å². The third-order valence-corrected chi connectivity index (χ3v) is 7.72. The fourth-order valence-electron chi connectivity index (χ4n) is 4.14. The van der Waals surface area contributed by atoms with E-state index in [4.69, 9.17) is 26.4 Å². The molecule has 1 amide bonds. The summed E-state index contributed by atoms with van der Waals surface area (Å²) in [5, 5.41) is 12.4. The third kappa shape index (κ3) is 5.39. The molecule has 0 spiro atoms. The molecule has 0 saturated carbocycles. The summed E-state index contributed by atoms with van der Waals surface area (Å²) in [6.45, 7) is 1.87. The molecular weight excluding hydrogens is 574 g/mol. The van der Waals surface area contributed by atoms with Gasteiger partial charge in [-0.15, -0.1) is 5.10 Å². The number of carbonyl (C=O) groups is 1. The van der Waals surface area contributed by atoms with Crippen LogP contribution in [0.1, 0.15) is 24.1 Å². The van der Waals surface area contributed by atoms with Gasteiger partial charge in [-0.25, -0.2) is 4.68 Å². The van der Waals surface area contributed by atoms with Gasteiger partial charge in [0.05, 0.1) is 18.4 Å². The van der Waals surface area contributed by atoms with E-state index in [9.17, 15) is 4.79 Å². The second-order valence-electron chi connectivity index (χ2n) is 8.31. The number of para-hydroxylation sites is 2. The van der Waals surface area contributed by atoms with Crippen LogP contribution in [-0.4, -0.2) is 27.8 Å². The molecule has 1 unspecified atom stereocenters. The van der Waals surface area contributed by atoms with Crippen LogP contribution in [0.4, 0.5) is 11.6 Å². The van der Waals surface area contributed by atoms with E-state index in [1.807, 2.05) is 73.7 Å². The van der Waals surface area contributed by atoms with Crippen molar-refractivity contribution in [2.24, 2.45) is 0 Å². The minimum absolute atomic E-state index is 0.256. The van der Waals surface area contributed by atoms with Gasteiger partial charge in [0.1, 0.15) is 11.8 Å².